The highest BCUT2D eigenvalue weighted by Crippen LogP contribution is 2.47. The molecule has 0 radical (unpaired) electrons. The predicted octanol–water partition coefficient (Wildman–Crippen LogP) is 7.66. The molecule has 0 aromatic rings. The minimum atomic E-state index is -1.98. The Kier molecular flexibility index (Phi) is 32.5. The molecule has 0 spiro atoms. The molecule has 2 heterocycles. The molecule has 88 heavy (non-hydrogen) atoms. The van der Waals surface area contributed by atoms with Crippen LogP contribution in [-0.4, -0.2) is 160 Å². The summed E-state index contributed by atoms with van der Waals surface area (Å²) in [5.74, 6) is -0.635. The first kappa shape index (κ1) is 80.1. The number of nitrogens with one attached hydrogen (secondary N) is 6. The molecule has 2 saturated carbocycles. The summed E-state index contributed by atoms with van der Waals surface area (Å²) in [6, 6.07) is -2.30. The van der Waals surface area contributed by atoms with Crippen LogP contribution in [0.5, 0.6) is 0 Å². The van der Waals surface area contributed by atoms with E-state index in [-0.39, 0.29) is 106 Å². The van der Waals surface area contributed by atoms with Crippen molar-refractivity contribution in [2.24, 2.45) is 58.5 Å². The van der Waals surface area contributed by atoms with Gasteiger partial charge in [0.05, 0.1) is 75.0 Å². The van der Waals surface area contributed by atoms with Crippen LogP contribution in [0.1, 0.15) is 195 Å². The fraction of sp³-hybridized carbons (Fsp3) is 0.851. The van der Waals surface area contributed by atoms with Crippen molar-refractivity contribution in [2.75, 3.05) is 46.7 Å². The van der Waals surface area contributed by atoms with Crippen LogP contribution in [0, 0.1) is 52.8 Å². The Morgan fingerprint density at radius 1 is 0.682 bits per heavy atom. The van der Waals surface area contributed by atoms with E-state index in [9.17, 15) is 43.5 Å². The van der Waals surface area contributed by atoms with Crippen LogP contribution < -0.4 is 37.6 Å². The number of methoxy groups -OCH3 is 1. The number of carbonyl (C=O) groups excluding carboxylic acids is 8. The maximum absolute atomic E-state index is 13.3. The maximum Gasteiger partial charge on any atom is 0.226 e. The van der Waals surface area contributed by atoms with E-state index < -0.39 is 68.2 Å². The van der Waals surface area contributed by atoms with Gasteiger partial charge in [-0.15, -0.1) is 0 Å². The summed E-state index contributed by atoms with van der Waals surface area (Å²) >= 11 is 0. The number of epoxide rings is 2. The van der Waals surface area contributed by atoms with Gasteiger partial charge in [-0.2, -0.15) is 0 Å². The van der Waals surface area contributed by atoms with E-state index in [1.54, 1.807) is 14.0 Å². The zero-order valence-electron chi connectivity index (χ0n) is 58.3. The molecule has 508 valence electrons. The van der Waals surface area contributed by atoms with Gasteiger partial charge in [0.1, 0.15) is 5.60 Å². The first-order valence-corrected chi connectivity index (χ1v) is 35.8. The van der Waals surface area contributed by atoms with Gasteiger partial charge in [0.15, 0.2) is 42.8 Å². The molecule has 4 fully saturated rings. The summed E-state index contributed by atoms with van der Waals surface area (Å²) in [4.78, 5) is 103. The largest absolute Gasteiger partial charge is 0.413 e. The van der Waals surface area contributed by atoms with Gasteiger partial charge in [0.2, 0.25) is 17.7 Å². The van der Waals surface area contributed by atoms with E-state index in [1.165, 1.54) is 0 Å². The van der Waals surface area contributed by atoms with Gasteiger partial charge in [-0.25, -0.2) is 0 Å². The number of ketones is 5. The van der Waals surface area contributed by atoms with Gasteiger partial charge in [0.25, 0.3) is 0 Å². The molecule has 0 aromatic heterocycles. The monoisotopic (exact) mass is 1260 g/mol. The number of nitrogens with two attached hydrogens (primary N) is 1. The predicted molar refractivity (Wildman–Crippen MR) is 349 cm³/mol. The molecule has 0 aromatic carbocycles. The smallest absolute Gasteiger partial charge is 0.226 e. The minimum absolute atomic E-state index is 0.00786. The first-order chi connectivity index (χ1) is 40.6. The van der Waals surface area contributed by atoms with Crippen molar-refractivity contribution in [1.82, 2.24) is 31.9 Å². The molecular formula is C67H123N7O13Si. The zero-order chi connectivity index (χ0) is 67.4. The Labute approximate surface area is 531 Å². The number of amides is 3. The molecule has 2 saturated heterocycles. The van der Waals surface area contributed by atoms with E-state index in [0.29, 0.717) is 75.6 Å². The van der Waals surface area contributed by atoms with Crippen molar-refractivity contribution in [2.45, 2.75) is 267 Å². The molecular weight excluding hydrogens is 1140 g/mol. The minimum Gasteiger partial charge on any atom is -0.413 e. The van der Waals surface area contributed by atoms with Crippen LogP contribution in [0.4, 0.5) is 0 Å². The summed E-state index contributed by atoms with van der Waals surface area (Å²) < 4.78 is 22.4. The van der Waals surface area contributed by atoms with Crippen LogP contribution in [-0.2, 0) is 57.0 Å². The number of aliphatic hydroxyl groups excluding tert-OH is 1. The third kappa shape index (κ3) is 27.5. The number of carbonyl (C=O) groups is 8. The van der Waals surface area contributed by atoms with Crippen molar-refractivity contribution in [3.8, 4) is 0 Å². The Balaban J connectivity index is 0.000000451. The summed E-state index contributed by atoms with van der Waals surface area (Å²) in [6.45, 7) is 45.6. The normalized spacial score (nSPS) is 21.3. The fourth-order valence-electron chi connectivity index (χ4n) is 10.4. The SMILES string of the molecule is C=C(N)NCCC[C@H](NC(=O)[C@H](CO)CC(=O)[C@@H](NC(C)C)C(C)C)C(=O)[C@@]1(C)CO1.CC(C)C[C@@H](C)C(=O)N[C@@H](CC(C)C)C(=O)[C@@]1(CO[Si](C)(C)C(C)(C)C)CO1.COC[C@H](NC(C)C)C(=O)C[C@H](C(=O)N[C@@H](CC(C)C)C(=O)C1(C)CC1)C1CC1. The summed E-state index contributed by atoms with van der Waals surface area (Å²) in [5.41, 5.74) is 3.43. The summed E-state index contributed by atoms with van der Waals surface area (Å²) in [6.07, 6.45) is 6.86. The second-order valence-corrected chi connectivity index (χ2v) is 34.9. The lowest BCUT2D eigenvalue weighted by Crippen LogP contribution is -2.52. The standard InChI is InChI=1S/C23H40N2O4.C22H40N4O5.C22H43NO4Si/c1-14(2)11-18(21(27)23(5)9-10-23)25-22(28)17(16-7-8-16)12-20(26)19(13-29-6)24-15(3)4;1-13(2)19(25-14(3)4)18(28)10-16(11-27)21(30)26-17(8-7-9-24-15(5)23)20(29)22(6)12-31-22;1-15(2)11-17(5)20(25)23-18(12-16(3)4)19(24)22(13-26-22)14-27-28(9,10)21(6,7)8/h14-19,24H,7-13H2,1-6H3,(H,25,28);13-14,16-17,19,24-25,27H,5,7-12,23H2,1-4,6H3,(H,26,30);15-18H,11-14H2,1-10H3,(H,23,25)/t17-,18-,19-;16-,17-,19-,22+;17-,18+,22+/m001/s1. The molecule has 2 aliphatic carbocycles. The maximum atomic E-state index is 13.3. The zero-order valence-corrected chi connectivity index (χ0v) is 59.3. The van der Waals surface area contributed by atoms with E-state index >= 15 is 0 Å². The van der Waals surface area contributed by atoms with Crippen molar-refractivity contribution in [3.05, 3.63) is 12.4 Å². The van der Waals surface area contributed by atoms with Crippen molar-refractivity contribution < 1.29 is 62.1 Å². The Morgan fingerprint density at radius 3 is 1.61 bits per heavy atom. The number of hydrogen-bond acceptors (Lipinski definition) is 17. The van der Waals surface area contributed by atoms with Gasteiger partial charge in [-0.05, 0) is 112 Å². The number of Topliss-reactive ketones (excluding diaryl/α,β-unsaturated/α-hetero) is 5. The second-order valence-electron chi connectivity index (χ2n) is 30.1. The van der Waals surface area contributed by atoms with Gasteiger partial charge >= 0.3 is 0 Å². The van der Waals surface area contributed by atoms with Gasteiger partial charge < -0.3 is 61.4 Å². The third-order valence-corrected chi connectivity index (χ3v) is 22.0. The van der Waals surface area contributed by atoms with Crippen LogP contribution in [0.15, 0.2) is 12.4 Å². The number of ether oxygens (including phenoxy) is 3. The first-order valence-electron chi connectivity index (χ1n) is 32.9. The Morgan fingerprint density at radius 2 is 1.19 bits per heavy atom. The Bertz CT molecular complexity index is 2280. The van der Waals surface area contributed by atoms with E-state index in [2.05, 4.69) is 114 Å². The summed E-state index contributed by atoms with van der Waals surface area (Å²) in [5, 5.41) is 28.0. The molecule has 21 heteroatoms. The Hall–Kier alpha value is -3.96. The number of rotatable bonds is 41. The van der Waals surface area contributed by atoms with Crippen LogP contribution in [0.25, 0.3) is 0 Å². The molecule has 4 rings (SSSR count). The van der Waals surface area contributed by atoms with Crippen molar-refractivity contribution in [3.63, 3.8) is 0 Å². The molecule has 9 N–H and O–H groups in total. The van der Waals surface area contributed by atoms with Crippen molar-refractivity contribution >= 4 is 55.0 Å². The molecule has 3 amide bonds. The van der Waals surface area contributed by atoms with Gasteiger partial charge in [0, 0.05) is 55.8 Å². The van der Waals surface area contributed by atoms with Crippen molar-refractivity contribution in [1.29, 1.82) is 0 Å². The summed E-state index contributed by atoms with van der Waals surface area (Å²) in [7, 11) is -0.398. The number of hydrogen-bond donors (Lipinski definition) is 8. The van der Waals surface area contributed by atoms with Crippen LogP contribution in [0.2, 0.25) is 18.1 Å². The quantitative estimate of drug-likeness (QED) is 0.0165. The average Bonchev–Trinajstić information content (AvgIpc) is 1.71. The lowest BCUT2D eigenvalue weighted by molar-refractivity contribution is -0.135. The lowest BCUT2D eigenvalue weighted by Gasteiger charge is -2.37. The molecule has 10 atom stereocenters. The molecule has 4 aliphatic rings. The van der Waals surface area contributed by atoms with E-state index in [1.807, 2.05) is 55.4 Å². The molecule has 2 aliphatic heterocycles. The lowest BCUT2D eigenvalue weighted by atomic mass is 9.89. The fourth-order valence-corrected chi connectivity index (χ4v) is 11.4. The highest BCUT2D eigenvalue weighted by molar-refractivity contribution is 6.74. The molecule has 0 unspecified atom stereocenters. The van der Waals surface area contributed by atoms with Gasteiger partial charge in [-0.3, -0.25) is 38.4 Å². The highest BCUT2D eigenvalue weighted by Gasteiger charge is 2.56. The van der Waals surface area contributed by atoms with Gasteiger partial charge in [-0.1, -0.05) is 124 Å². The van der Waals surface area contributed by atoms with E-state index in [0.717, 1.165) is 32.1 Å². The van der Waals surface area contributed by atoms with Crippen LogP contribution >= 0.6 is 0 Å². The van der Waals surface area contributed by atoms with E-state index in [4.69, 9.17) is 24.4 Å². The van der Waals surface area contributed by atoms with Crippen LogP contribution in [0.3, 0.4) is 0 Å². The topological polar surface area (TPSA) is 299 Å². The highest BCUT2D eigenvalue weighted by atomic mass is 28.4. The average molecular weight is 1260 g/mol. The molecule has 0 bridgehead atoms. The third-order valence-electron chi connectivity index (χ3n) is 17.5. The molecule has 20 nitrogen and oxygen atoms in total. The number of aliphatic hydroxyl groups is 1. The second kappa shape index (κ2) is 35.7.